The van der Waals surface area contributed by atoms with Crippen molar-refractivity contribution < 1.29 is 28.9 Å². The van der Waals surface area contributed by atoms with Gasteiger partial charge in [0.05, 0.1) is 11.0 Å². The van der Waals surface area contributed by atoms with E-state index in [1.165, 1.54) is 32.3 Å². The third-order valence-corrected chi connectivity index (χ3v) is 9.80. The number of rotatable bonds is 6. The summed E-state index contributed by atoms with van der Waals surface area (Å²) < 4.78 is 18.2. The lowest BCUT2D eigenvalue weighted by molar-refractivity contribution is -0.271. The molecule has 6 aliphatic rings. The van der Waals surface area contributed by atoms with Gasteiger partial charge in [-0.05, 0) is 69.9 Å². The van der Waals surface area contributed by atoms with Crippen molar-refractivity contribution in [3.8, 4) is 0 Å². The van der Waals surface area contributed by atoms with Crippen molar-refractivity contribution >= 4 is 11.9 Å². The van der Waals surface area contributed by atoms with Crippen LogP contribution >= 0.6 is 0 Å². The number of ether oxygens (including phenoxy) is 3. The Bertz CT molecular complexity index is 1060. The van der Waals surface area contributed by atoms with Gasteiger partial charge in [-0.3, -0.25) is 9.69 Å². The van der Waals surface area contributed by atoms with Crippen molar-refractivity contribution in [1.82, 2.24) is 4.90 Å². The van der Waals surface area contributed by atoms with E-state index in [0.29, 0.717) is 24.4 Å². The monoisotopic (exact) mass is 495 g/mol. The quantitative estimate of drug-likeness (QED) is 0.341. The number of carbonyl (C=O) groups is 2. The minimum Gasteiger partial charge on any atom is -0.486 e. The number of allylic oxidation sites excluding steroid dienone is 6. The van der Waals surface area contributed by atoms with Gasteiger partial charge < -0.3 is 19.3 Å². The Morgan fingerprint density at radius 2 is 2.08 bits per heavy atom. The molecule has 194 valence electrons. The summed E-state index contributed by atoms with van der Waals surface area (Å²) in [7, 11) is 0. The van der Waals surface area contributed by atoms with E-state index in [1.54, 1.807) is 12.2 Å². The van der Waals surface area contributed by atoms with E-state index in [0.717, 1.165) is 31.8 Å². The van der Waals surface area contributed by atoms with Gasteiger partial charge in [-0.1, -0.05) is 30.7 Å². The Labute approximate surface area is 212 Å². The molecule has 7 unspecified atom stereocenters. The van der Waals surface area contributed by atoms with Crippen LogP contribution in [0, 0.1) is 23.2 Å². The minimum absolute atomic E-state index is 0.0503. The van der Waals surface area contributed by atoms with Crippen LogP contribution in [0.5, 0.6) is 0 Å². The maximum Gasteiger partial charge on any atom is 0.336 e. The molecular weight excluding hydrogens is 458 g/mol. The second-order valence-electron chi connectivity index (χ2n) is 11.5. The molecule has 0 radical (unpaired) electrons. The molecule has 2 heterocycles. The molecule has 7 nitrogen and oxygen atoms in total. The molecule has 2 saturated heterocycles. The topological polar surface area (TPSA) is 85.3 Å². The molecule has 36 heavy (non-hydrogen) atoms. The van der Waals surface area contributed by atoms with Crippen LogP contribution in [0.15, 0.2) is 48.0 Å². The van der Waals surface area contributed by atoms with Gasteiger partial charge in [0, 0.05) is 31.5 Å². The van der Waals surface area contributed by atoms with Crippen molar-refractivity contribution in [2.75, 3.05) is 13.1 Å². The maximum absolute atomic E-state index is 12.6. The summed E-state index contributed by atoms with van der Waals surface area (Å²) in [6.07, 6.45) is 16.4. The van der Waals surface area contributed by atoms with E-state index in [4.69, 9.17) is 14.2 Å². The van der Waals surface area contributed by atoms with Crippen molar-refractivity contribution in [3.63, 3.8) is 0 Å². The Morgan fingerprint density at radius 1 is 1.25 bits per heavy atom. The van der Waals surface area contributed by atoms with E-state index in [-0.39, 0.29) is 23.8 Å². The smallest absolute Gasteiger partial charge is 0.336 e. The summed E-state index contributed by atoms with van der Waals surface area (Å²) in [5.74, 6) is 1.06. The van der Waals surface area contributed by atoms with Crippen LogP contribution in [-0.2, 0) is 23.8 Å². The lowest BCUT2D eigenvalue weighted by Crippen LogP contribution is -2.77. The third-order valence-electron chi connectivity index (χ3n) is 9.80. The van der Waals surface area contributed by atoms with Gasteiger partial charge in [0.1, 0.15) is 18.0 Å². The molecule has 6 rings (SSSR count). The van der Waals surface area contributed by atoms with Crippen LogP contribution < -0.4 is 0 Å². The third kappa shape index (κ3) is 3.46. The highest BCUT2D eigenvalue weighted by Gasteiger charge is 2.77. The van der Waals surface area contributed by atoms with Crippen molar-refractivity contribution in [2.24, 2.45) is 23.2 Å². The highest BCUT2D eigenvalue weighted by atomic mass is 16.6. The molecular formula is C29H37NO6. The van der Waals surface area contributed by atoms with Crippen LogP contribution in [0.25, 0.3) is 0 Å². The lowest BCUT2D eigenvalue weighted by atomic mass is 9.44. The van der Waals surface area contributed by atoms with Gasteiger partial charge in [-0.25, -0.2) is 4.79 Å². The molecule has 5 fully saturated rings. The molecule has 7 heteroatoms. The summed E-state index contributed by atoms with van der Waals surface area (Å²) in [6.45, 7) is 5.26. The summed E-state index contributed by atoms with van der Waals surface area (Å²) in [5.41, 5.74) is -1.51. The number of aliphatic hydroxyl groups is 1. The molecule has 7 atom stereocenters. The number of esters is 2. The van der Waals surface area contributed by atoms with E-state index >= 15 is 0 Å². The van der Waals surface area contributed by atoms with Gasteiger partial charge in [-0.15, -0.1) is 0 Å². The zero-order valence-electron chi connectivity index (χ0n) is 21.2. The Hall–Kier alpha value is -2.38. The molecule has 2 aliphatic heterocycles. The minimum atomic E-state index is -0.939. The van der Waals surface area contributed by atoms with Gasteiger partial charge in [0.15, 0.2) is 5.76 Å². The summed E-state index contributed by atoms with van der Waals surface area (Å²) >= 11 is 0. The van der Waals surface area contributed by atoms with Crippen molar-refractivity contribution in [1.29, 1.82) is 0 Å². The molecule has 0 aromatic carbocycles. The predicted octanol–water partition coefficient (Wildman–Crippen LogP) is 3.80. The molecule has 4 aliphatic carbocycles. The van der Waals surface area contributed by atoms with E-state index in [9.17, 15) is 14.7 Å². The van der Waals surface area contributed by atoms with Crippen molar-refractivity contribution in [3.05, 3.63) is 48.0 Å². The van der Waals surface area contributed by atoms with Gasteiger partial charge in [-0.2, -0.15) is 0 Å². The molecule has 0 aromatic heterocycles. The number of hydrogen-bond acceptors (Lipinski definition) is 7. The van der Waals surface area contributed by atoms with Crippen molar-refractivity contribution in [2.45, 2.75) is 82.6 Å². The second-order valence-corrected chi connectivity index (χ2v) is 11.5. The molecule has 3 saturated carbocycles. The molecule has 2 bridgehead atoms. The second kappa shape index (κ2) is 8.88. The fourth-order valence-electron chi connectivity index (χ4n) is 8.21. The lowest BCUT2D eigenvalue weighted by Gasteiger charge is -2.67. The highest BCUT2D eigenvalue weighted by Crippen LogP contribution is 2.70. The predicted molar refractivity (Wildman–Crippen MR) is 132 cm³/mol. The fraction of sp³-hybridized carbons (Fsp3) is 0.655. The first kappa shape index (κ1) is 24.0. The van der Waals surface area contributed by atoms with Gasteiger partial charge >= 0.3 is 11.9 Å². The Kier molecular flexibility index (Phi) is 5.91. The van der Waals surface area contributed by atoms with Crippen LogP contribution in [0.3, 0.4) is 0 Å². The number of nitrogens with zero attached hydrogens (tertiary/aromatic N) is 1. The number of hydrogen-bond donors (Lipinski definition) is 1. The first-order chi connectivity index (χ1) is 17.4. The van der Waals surface area contributed by atoms with E-state index < -0.39 is 29.2 Å². The summed E-state index contributed by atoms with van der Waals surface area (Å²) in [4.78, 5) is 27.1. The first-order valence-corrected chi connectivity index (χ1v) is 13.6. The number of carbonyl (C=O) groups excluding carboxylic acids is 2. The molecule has 0 amide bonds. The van der Waals surface area contributed by atoms with E-state index in [1.807, 2.05) is 19.1 Å². The van der Waals surface area contributed by atoms with E-state index in [2.05, 4.69) is 11.0 Å². The largest absolute Gasteiger partial charge is 0.486 e. The average molecular weight is 496 g/mol. The van der Waals surface area contributed by atoms with Crippen LogP contribution in [0.1, 0.15) is 58.8 Å². The normalized spacial score (nSPS) is 41.2. The SMILES string of the molecule is C/C=C/C=C/C(=O)OC1=C2OC3C(OC(C)=O)CCC4(O)C5CC(C=C1)C2C34CCN5CC1CCC1. The van der Waals surface area contributed by atoms with Crippen LogP contribution in [0.2, 0.25) is 0 Å². The Morgan fingerprint density at radius 3 is 2.81 bits per heavy atom. The van der Waals surface area contributed by atoms with Gasteiger partial charge in [0.2, 0.25) is 0 Å². The summed E-state index contributed by atoms with van der Waals surface area (Å²) in [5, 5.41) is 12.6. The molecule has 1 spiro atoms. The van der Waals surface area contributed by atoms with Gasteiger partial charge in [0.25, 0.3) is 0 Å². The fourth-order valence-corrected chi connectivity index (χ4v) is 8.21. The summed E-state index contributed by atoms with van der Waals surface area (Å²) in [6, 6.07) is 0.0503. The van der Waals surface area contributed by atoms with Crippen LogP contribution in [-0.4, -0.2) is 58.9 Å². The first-order valence-electron chi connectivity index (χ1n) is 13.6. The zero-order valence-corrected chi connectivity index (χ0v) is 21.2. The maximum atomic E-state index is 12.6. The zero-order chi connectivity index (χ0) is 25.1. The molecule has 0 aromatic rings. The molecule has 1 N–H and O–H groups in total. The average Bonchev–Trinajstić information content (AvgIpc) is 3.16. The number of piperidine rings is 1. The number of likely N-dealkylation sites (tertiary alicyclic amines) is 1. The standard InChI is InChI=1S/C29H37NO6/c1-3-4-5-9-24(32)35-21-11-10-20-16-23-29(33)13-12-22(34-18(2)31)27-28(29,25(20)26(21)36-27)14-15-30(23)17-19-7-6-8-19/h3-5,9-11,19-20,22-23,25,27,33H,6-8,12-17H2,1-2H3/b4-3+,9-5+. The Balaban J connectivity index is 1.38. The van der Waals surface area contributed by atoms with Crippen LogP contribution in [0.4, 0.5) is 0 Å². The highest BCUT2D eigenvalue weighted by molar-refractivity contribution is 5.83.